The molecule has 0 aromatic heterocycles. The molecule has 1 aliphatic heterocycles. The van der Waals surface area contributed by atoms with Crippen molar-refractivity contribution in [2.24, 2.45) is 5.92 Å². The lowest BCUT2D eigenvalue weighted by atomic mass is 9.94. The van der Waals surface area contributed by atoms with E-state index in [1.165, 1.54) is 12.1 Å². The second kappa shape index (κ2) is 7.53. The smallest absolute Gasteiger partial charge is 0.335 e. The molecule has 0 spiro atoms. The molecule has 25 heavy (non-hydrogen) atoms. The maximum atomic E-state index is 13.0. The number of rotatable bonds is 5. The van der Waals surface area contributed by atoms with E-state index in [1.54, 1.807) is 13.8 Å². The summed E-state index contributed by atoms with van der Waals surface area (Å²) in [6.45, 7) is 5.60. The summed E-state index contributed by atoms with van der Waals surface area (Å²) in [5.74, 6) is -1.56. The van der Waals surface area contributed by atoms with Crippen molar-refractivity contribution in [1.82, 2.24) is 4.31 Å². The molecule has 2 rings (SSSR count). The normalized spacial score (nSPS) is 21.7. The molecule has 1 aromatic carbocycles. The number of aryl methyl sites for hydroxylation is 1. The number of carbonyl (C=O) groups excluding carboxylic acids is 1. The summed E-state index contributed by atoms with van der Waals surface area (Å²) in [6.07, 6.45) is 1.02. The van der Waals surface area contributed by atoms with Crippen LogP contribution in [0.3, 0.4) is 0 Å². The van der Waals surface area contributed by atoms with Gasteiger partial charge in [-0.3, -0.25) is 4.79 Å². The van der Waals surface area contributed by atoms with Gasteiger partial charge in [-0.05, 0) is 50.3 Å². The number of sulfonamides is 1. The Balaban J connectivity index is 2.44. The first-order chi connectivity index (χ1) is 11.7. The number of aromatic carboxylic acids is 1. The van der Waals surface area contributed by atoms with Gasteiger partial charge in [-0.15, -0.1) is 0 Å². The number of hydrogen-bond acceptors (Lipinski definition) is 5. The fourth-order valence-corrected chi connectivity index (χ4v) is 4.62. The zero-order valence-electron chi connectivity index (χ0n) is 14.6. The third-order valence-electron chi connectivity index (χ3n) is 4.42. The van der Waals surface area contributed by atoms with Crippen LogP contribution >= 0.6 is 0 Å². The third-order valence-corrected chi connectivity index (χ3v) is 6.32. The van der Waals surface area contributed by atoms with Gasteiger partial charge in [0.2, 0.25) is 10.0 Å². The second-order valence-corrected chi connectivity index (χ2v) is 8.19. The Hall–Kier alpha value is -1.93. The van der Waals surface area contributed by atoms with Gasteiger partial charge in [0, 0.05) is 6.54 Å². The summed E-state index contributed by atoms with van der Waals surface area (Å²) in [4.78, 5) is 23.4. The summed E-state index contributed by atoms with van der Waals surface area (Å²) < 4.78 is 32.2. The average molecular weight is 369 g/mol. The zero-order valence-corrected chi connectivity index (χ0v) is 15.4. The first kappa shape index (κ1) is 19.4. The van der Waals surface area contributed by atoms with E-state index in [0.29, 0.717) is 18.4 Å². The van der Waals surface area contributed by atoms with Gasteiger partial charge in [0.25, 0.3) is 0 Å². The van der Waals surface area contributed by atoms with Crippen molar-refractivity contribution in [3.8, 4) is 0 Å². The van der Waals surface area contributed by atoms with Crippen LogP contribution < -0.4 is 0 Å². The highest BCUT2D eigenvalue weighted by Crippen LogP contribution is 2.30. The van der Waals surface area contributed by atoms with Crippen molar-refractivity contribution >= 4 is 22.0 Å². The van der Waals surface area contributed by atoms with Gasteiger partial charge >= 0.3 is 11.9 Å². The molecule has 8 heteroatoms. The zero-order chi connectivity index (χ0) is 18.8. The fourth-order valence-electron chi connectivity index (χ4n) is 2.99. The second-order valence-electron chi connectivity index (χ2n) is 6.30. The minimum absolute atomic E-state index is 0.0702. The number of piperidine rings is 1. The standard InChI is InChI=1S/C17H23NO6S/c1-4-24-17(21)15-9-11(2)7-8-18(15)25(22,23)13-6-5-12(3)14(10-13)16(19)20/h5-6,10-11,15H,4,7-9H2,1-3H3,(H,19,20)/t11-,15+/m1/s1. The van der Waals surface area contributed by atoms with E-state index in [1.807, 2.05) is 6.92 Å². The predicted octanol–water partition coefficient (Wildman–Crippen LogP) is 2.05. The van der Waals surface area contributed by atoms with Gasteiger partial charge < -0.3 is 9.84 Å². The number of esters is 1. The van der Waals surface area contributed by atoms with Crippen LogP contribution in [0, 0.1) is 12.8 Å². The van der Waals surface area contributed by atoms with Crippen LogP contribution in [0.15, 0.2) is 23.1 Å². The molecule has 1 aromatic rings. The molecule has 0 unspecified atom stereocenters. The maximum Gasteiger partial charge on any atom is 0.335 e. The monoisotopic (exact) mass is 369 g/mol. The van der Waals surface area contributed by atoms with Crippen LogP contribution in [0.2, 0.25) is 0 Å². The number of nitrogens with zero attached hydrogens (tertiary/aromatic N) is 1. The van der Waals surface area contributed by atoms with E-state index in [2.05, 4.69) is 0 Å². The summed E-state index contributed by atoms with van der Waals surface area (Å²) >= 11 is 0. The molecular formula is C17H23NO6S. The largest absolute Gasteiger partial charge is 0.478 e. The number of carbonyl (C=O) groups is 2. The van der Waals surface area contributed by atoms with Gasteiger partial charge in [-0.1, -0.05) is 13.0 Å². The molecule has 138 valence electrons. The highest BCUT2D eigenvalue weighted by atomic mass is 32.2. The Bertz CT molecular complexity index is 773. The molecular weight excluding hydrogens is 346 g/mol. The van der Waals surface area contributed by atoms with Crippen LogP contribution in [-0.4, -0.2) is 49.0 Å². The minimum atomic E-state index is -4.00. The molecule has 0 saturated carbocycles. The Morgan fingerprint density at radius 3 is 2.64 bits per heavy atom. The van der Waals surface area contributed by atoms with Gasteiger partial charge in [0.1, 0.15) is 6.04 Å². The van der Waals surface area contributed by atoms with E-state index in [4.69, 9.17) is 4.74 Å². The van der Waals surface area contributed by atoms with Crippen molar-refractivity contribution < 1.29 is 27.9 Å². The van der Waals surface area contributed by atoms with E-state index >= 15 is 0 Å². The SMILES string of the molecule is CCOC(=O)[C@@H]1C[C@H](C)CCN1S(=O)(=O)c1ccc(C)c(C(=O)O)c1. The highest BCUT2D eigenvalue weighted by Gasteiger charge is 2.40. The van der Waals surface area contributed by atoms with Crippen LogP contribution in [-0.2, 0) is 19.6 Å². The van der Waals surface area contributed by atoms with Crippen molar-refractivity contribution in [2.75, 3.05) is 13.2 Å². The number of carboxylic acid groups (broad SMARTS) is 1. The quantitative estimate of drug-likeness (QED) is 0.797. The molecule has 7 nitrogen and oxygen atoms in total. The Kier molecular flexibility index (Phi) is 5.84. The van der Waals surface area contributed by atoms with Crippen molar-refractivity contribution in [3.63, 3.8) is 0 Å². The summed E-state index contributed by atoms with van der Waals surface area (Å²) in [7, 11) is -4.00. The molecule has 0 bridgehead atoms. The van der Waals surface area contributed by atoms with Crippen LogP contribution in [0.25, 0.3) is 0 Å². The van der Waals surface area contributed by atoms with Gasteiger partial charge in [0.05, 0.1) is 17.1 Å². The molecule has 2 atom stereocenters. The lowest BCUT2D eigenvalue weighted by Gasteiger charge is -2.35. The average Bonchev–Trinajstić information content (AvgIpc) is 2.54. The number of hydrogen-bond donors (Lipinski definition) is 1. The van der Waals surface area contributed by atoms with Crippen molar-refractivity contribution in [2.45, 2.75) is 44.6 Å². The lowest BCUT2D eigenvalue weighted by molar-refractivity contribution is -0.149. The minimum Gasteiger partial charge on any atom is -0.478 e. The third kappa shape index (κ3) is 4.01. The van der Waals surface area contributed by atoms with Gasteiger partial charge in [0.15, 0.2) is 0 Å². The topological polar surface area (TPSA) is 101 Å². The molecule has 0 aliphatic carbocycles. The van der Waals surface area contributed by atoms with Crippen LogP contribution in [0.5, 0.6) is 0 Å². The molecule has 1 saturated heterocycles. The first-order valence-electron chi connectivity index (χ1n) is 8.21. The number of benzene rings is 1. The van der Waals surface area contributed by atoms with Crippen LogP contribution in [0.1, 0.15) is 42.6 Å². The van der Waals surface area contributed by atoms with Gasteiger partial charge in [-0.25, -0.2) is 13.2 Å². The molecule has 1 aliphatic rings. The summed E-state index contributed by atoms with van der Waals surface area (Å²) in [5, 5.41) is 9.23. The molecule has 0 radical (unpaired) electrons. The Morgan fingerprint density at radius 2 is 2.04 bits per heavy atom. The van der Waals surface area contributed by atoms with E-state index in [0.717, 1.165) is 10.4 Å². The Morgan fingerprint density at radius 1 is 1.36 bits per heavy atom. The van der Waals surface area contributed by atoms with Gasteiger partial charge in [-0.2, -0.15) is 4.31 Å². The molecule has 1 N–H and O–H groups in total. The number of carboxylic acids is 1. The van der Waals surface area contributed by atoms with Crippen molar-refractivity contribution in [1.29, 1.82) is 0 Å². The van der Waals surface area contributed by atoms with Crippen molar-refractivity contribution in [3.05, 3.63) is 29.3 Å². The fraction of sp³-hybridized carbons (Fsp3) is 0.529. The van der Waals surface area contributed by atoms with E-state index in [9.17, 15) is 23.1 Å². The van der Waals surface area contributed by atoms with E-state index < -0.39 is 28.0 Å². The lowest BCUT2D eigenvalue weighted by Crippen LogP contribution is -2.50. The number of ether oxygens (including phenoxy) is 1. The molecule has 1 fully saturated rings. The van der Waals surface area contributed by atoms with Crippen LogP contribution in [0.4, 0.5) is 0 Å². The first-order valence-corrected chi connectivity index (χ1v) is 9.65. The molecule has 1 heterocycles. The highest BCUT2D eigenvalue weighted by molar-refractivity contribution is 7.89. The van der Waals surface area contributed by atoms with E-state index in [-0.39, 0.29) is 29.5 Å². The summed E-state index contributed by atoms with van der Waals surface area (Å²) in [5.41, 5.74) is 0.403. The summed E-state index contributed by atoms with van der Waals surface area (Å²) in [6, 6.07) is 3.09. The Labute approximate surface area is 147 Å². The maximum absolute atomic E-state index is 13.0. The predicted molar refractivity (Wildman–Crippen MR) is 90.8 cm³/mol. The molecule has 0 amide bonds.